The van der Waals surface area contributed by atoms with Crippen LogP contribution in [0.4, 0.5) is 14.5 Å². The van der Waals surface area contributed by atoms with Gasteiger partial charge in [-0.05, 0) is 36.2 Å². The molecule has 29 heavy (non-hydrogen) atoms. The largest absolute Gasteiger partial charge is 0.357 e. The summed E-state index contributed by atoms with van der Waals surface area (Å²) in [4.78, 5) is 16.6. The van der Waals surface area contributed by atoms with E-state index < -0.39 is 11.6 Å². The van der Waals surface area contributed by atoms with Crippen molar-refractivity contribution in [2.45, 2.75) is 32.1 Å². The van der Waals surface area contributed by atoms with Crippen LogP contribution in [0, 0.1) is 11.6 Å². The van der Waals surface area contributed by atoms with E-state index in [1.54, 1.807) is 6.07 Å². The van der Waals surface area contributed by atoms with Crippen molar-refractivity contribution in [3.05, 3.63) is 65.2 Å². The average Bonchev–Trinajstić information content (AvgIpc) is 2.71. The number of nitrogens with zero attached hydrogens (tertiary/aromatic N) is 1. The van der Waals surface area contributed by atoms with E-state index in [2.05, 4.69) is 20.9 Å². The average molecular weight is 400 g/mol. The molecule has 0 bridgehead atoms. The summed E-state index contributed by atoms with van der Waals surface area (Å²) in [6.45, 7) is 5.56. The van der Waals surface area contributed by atoms with Gasteiger partial charge in [-0.3, -0.25) is 9.79 Å². The predicted molar refractivity (Wildman–Crippen MR) is 111 cm³/mol. The van der Waals surface area contributed by atoms with E-state index in [0.29, 0.717) is 37.6 Å². The highest BCUT2D eigenvalue weighted by molar-refractivity contribution is 5.94. The summed E-state index contributed by atoms with van der Waals surface area (Å²) in [6, 6.07) is 11.7. The lowest BCUT2D eigenvalue weighted by atomic mass is 9.90. The maximum Gasteiger partial charge on any atom is 0.225 e. The minimum absolute atomic E-state index is 0.00407. The molecular weight excluding hydrogens is 374 g/mol. The Morgan fingerprint density at radius 3 is 2.76 bits per heavy atom. The molecule has 3 rings (SSSR count). The molecule has 2 unspecified atom stereocenters. The van der Waals surface area contributed by atoms with E-state index >= 15 is 0 Å². The van der Waals surface area contributed by atoms with Gasteiger partial charge in [0.1, 0.15) is 0 Å². The summed E-state index contributed by atoms with van der Waals surface area (Å²) in [6.07, 6.45) is 0.411. The number of benzene rings is 2. The Hall–Kier alpha value is -2.96. The normalized spacial score (nSPS) is 17.3. The Morgan fingerprint density at radius 1 is 1.21 bits per heavy atom. The first kappa shape index (κ1) is 20.8. The minimum atomic E-state index is -0.851. The first-order valence-corrected chi connectivity index (χ1v) is 9.83. The van der Waals surface area contributed by atoms with Gasteiger partial charge in [0.25, 0.3) is 0 Å². The van der Waals surface area contributed by atoms with Gasteiger partial charge in [0.15, 0.2) is 17.6 Å². The van der Waals surface area contributed by atoms with Crippen LogP contribution < -0.4 is 16.0 Å². The van der Waals surface area contributed by atoms with Crippen LogP contribution in [0.5, 0.6) is 0 Å². The molecule has 1 aliphatic heterocycles. The van der Waals surface area contributed by atoms with E-state index in [4.69, 9.17) is 0 Å². The first-order chi connectivity index (χ1) is 14.0. The molecule has 0 aromatic heterocycles. The van der Waals surface area contributed by atoms with E-state index in [1.165, 1.54) is 6.07 Å². The van der Waals surface area contributed by atoms with Gasteiger partial charge in [0.05, 0.1) is 0 Å². The fourth-order valence-corrected chi connectivity index (χ4v) is 3.40. The maximum absolute atomic E-state index is 13.5. The van der Waals surface area contributed by atoms with Gasteiger partial charge >= 0.3 is 0 Å². The van der Waals surface area contributed by atoms with Crippen LogP contribution in [-0.2, 0) is 4.79 Å². The second-order valence-electron chi connectivity index (χ2n) is 7.21. The molecule has 0 radical (unpaired) electrons. The van der Waals surface area contributed by atoms with Crippen LogP contribution in [0.3, 0.4) is 0 Å². The number of fused-ring (bicyclic) bond motifs is 1. The second-order valence-corrected chi connectivity index (χ2v) is 7.21. The van der Waals surface area contributed by atoms with Crippen LogP contribution in [0.25, 0.3) is 0 Å². The van der Waals surface area contributed by atoms with Gasteiger partial charge < -0.3 is 16.0 Å². The number of aliphatic imine (C=N–C) groups is 1. The fourth-order valence-electron chi connectivity index (χ4n) is 3.40. The molecule has 0 saturated carbocycles. The number of hydrogen-bond donors (Lipinski definition) is 3. The Kier molecular flexibility index (Phi) is 6.80. The van der Waals surface area contributed by atoms with E-state index in [0.717, 1.165) is 17.3 Å². The third-order valence-corrected chi connectivity index (χ3v) is 5.00. The highest BCUT2D eigenvalue weighted by Crippen LogP contribution is 2.31. The summed E-state index contributed by atoms with van der Waals surface area (Å²) in [7, 11) is 0. The number of anilines is 1. The van der Waals surface area contributed by atoms with Gasteiger partial charge in [-0.25, -0.2) is 8.78 Å². The molecule has 1 aliphatic rings. The molecule has 2 aromatic carbocycles. The Morgan fingerprint density at radius 2 is 2.00 bits per heavy atom. The zero-order valence-electron chi connectivity index (χ0n) is 16.6. The van der Waals surface area contributed by atoms with Crippen molar-refractivity contribution in [3.8, 4) is 0 Å². The van der Waals surface area contributed by atoms with Crippen LogP contribution in [-0.4, -0.2) is 31.5 Å². The van der Waals surface area contributed by atoms with Crippen molar-refractivity contribution in [3.63, 3.8) is 0 Å². The molecule has 0 spiro atoms. The van der Waals surface area contributed by atoms with Crippen molar-refractivity contribution < 1.29 is 13.6 Å². The zero-order chi connectivity index (χ0) is 20.8. The molecule has 0 fully saturated rings. The quantitative estimate of drug-likeness (QED) is 0.511. The van der Waals surface area contributed by atoms with Crippen LogP contribution >= 0.6 is 0 Å². The number of carbonyl (C=O) groups excluding carboxylic acids is 1. The fraction of sp³-hybridized carbons (Fsp3) is 0.364. The Labute approximate surface area is 169 Å². The van der Waals surface area contributed by atoms with Gasteiger partial charge in [0.2, 0.25) is 5.91 Å². The van der Waals surface area contributed by atoms with Gasteiger partial charge in [-0.1, -0.05) is 31.2 Å². The molecule has 2 aromatic rings. The predicted octanol–water partition coefficient (Wildman–Crippen LogP) is 3.75. The first-order valence-electron chi connectivity index (χ1n) is 9.83. The molecule has 0 saturated heterocycles. The smallest absolute Gasteiger partial charge is 0.225 e. The van der Waals surface area contributed by atoms with Crippen molar-refractivity contribution in [1.82, 2.24) is 10.6 Å². The summed E-state index contributed by atoms with van der Waals surface area (Å²) in [5.74, 6) is -1.09. The molecule has 5 nitrogen and oxygen atoms in total. The SMILES string of the molecule is CCNC(=NCC(C)c1ccc(F)c(F)c1)NCC1CC(=O)Nc2ccccc21. The molecule has 1 amide bonds. The van der Waals surface area contributed by atoms with Gasteiger partial charge in [-0.15, -0.1) is 0 Å². The lowest BCUT2D eigenvalue weighted by molar-refractivity contribution is -0.116. The third kappa shape index (κ3) is 5.31. The number of rotatable bonds is 6. The van der Waals surface area contributed by atoms with E-state index in [-0.39, 0.29) is 17.7 Å². The molecule has 3 N–H and O–H groups in total. The number of carbonyl (C=O) groups is 1. The minimum Gasteiger partial charge on any atom is -0.357 e. The van der Waals surface area contributed by atoms with Crippen LogP contribution in [0.2, 0.25) is 0 Å². The molecule has 0 aliphatic carbocycles. The lowest BCUT2D eigenvalue weighted by Gasteiger charge is -2.26. The van der Waals surface area contributed by atoms with Gasteiger partial charge in [0, 0.05) is 43.6 Å². The van der Waals surface area contributed by atoms with Gasteiger partial charge in [-0.2, -0.15) is 0 Å². The van der Waals surface area contributed by atoms with Crippen molar-refractivity contribution in [2.75, 3.05) is 25.0 Å². The Bertz CT molecular complexity index is 900. The number of amides is 1. The lowest BCUT2D eigenvalue weighted by Crippen LogP contribution is -2.41. The molecule has 154 valence electrons. The number of para-hydroxylation sites is 1. The molecular formula is C22H26F2N4O. The van der Waals surface area contributed by atoms with Crippen molar-refractivity contribution in [1.29, 1.82) is 0 Å². The maximum atomic E-state index is 13.5. The van der Waals surface area contributed by atoms with Crippen molar-refractivity contribution >= 4 is 17.6 Å². The second kappa shape index (κ2) is 9.49. The Balaban J connectivity index is 1.65. The number of halogens is 2. The summed E-state index contributed by atoms with van der Waals surface area (Å²) in [5, 5.41) is 9.39. The highest BCUT2D eigenvalue weighted by Gasteiger charge is 2.24. The standard InChI is InChI=1S/C22H26F2N4O/c1-3-25-22(26-12-14(2)15-8-9-18(23)19(24)10-15)27-13-16-11-21(29)28-20-7-5-4-6-17(16)20/h4-10,14,16H,3,11-13H2,1-2H3,(H,28,29)(H2,25,26,27). The molecule has 7 heteroatoms. The zero-order valence-corrected chi connectivity index (χ0v) is 16.6. The summed E-state index contributed by atoms with van der Waals surface area (Å²) >= 11 is 0. The topological polar surface area (TPSA) is 65.5 Å². The number of guanidine groups is 1. The third-order valence-electron chi connectivity index (χ3n) is 5.00. The monoisotopic (exact) mass is 400 g/mol. The number of hydrogen-bond acceptors (Lipinski definition) is 2. The number of nitrogens with one attached hydrogen (secondary N) is 3. The summed E-state index contributed by atoms with van der Waals surface area (Å²) < 4.78 is 26.6. The highest BCUT2D eigenvalue weighted by atomic mass is 19.2. The summed E-state index contributed by atoms with van der Waals surface area (Å²) in [5.41, 5.74) is 2.65. The van der Waals surface area contributed by atoms with Crippen LogP contribution in [0.1, 0.15) is 43.2 Å². The molecule has 1 heterocycles. The van der Waals surface area contributed by atoms with Crippen molar-refractivity contribution in [2.24, 2.45) is 4.99 Å². The molecule has 2 atom stereocenters. The van der Waals surface area contributed by atoms with Crippen LogP contribution in [0.15, 0.2) is 47.5 Å². The van der Waals surface area contributed by atoms with E-state index in [1.807, 2.05) is 38.1 Å². The van der Waals surface area contributed by atoms with E-state index in [9.17, 15) is 13.6 Å².